The Labute approximate surface area is 78.6 Å². The van der Waals surface area contributed by atoms with Crippen LogP contribution < -0.4 is 0 Å². The topological polar surface area (TPSA) is 17.1 Å². The van der Waals surface area contributed by atoms with Crippen molar-refractivity contribution < 1.29 is 44.2 Å². The molecule has 0 aromatic carbocycles. The van der Waals surface area contributed by atoms with E-state index in [-0.39, 0.29) is 65.8 Å². The number of rotatable bonds is 0. The van der Waals surface area contributed by atoms with Gasteiger partial charge in [0.1, 0.15) is 9.12 Å². The van der Waals surface area contributed by atoms with E-state index in [2.05, 4.69) is 0 Å². The second kappa shape index (κ2) is 34.0. The zero-order valence-corrected chi connectivity index (χ0v) is 12.4. The fourth-order valence-electron chi connectivity index (χ4n) is 0. The van der Waals surface area contributed by atoms with Crippen molar-refractivity contribution in [2.75, 3.05) is 0 Å². The van der Waals surface area contributed by atoms with Crippen molar-refractivity contribution in [2.45, 2.75) is 0 Å². The normalized spacial score (nSPS) is 0.800. The Hall–Kier alpha value is 2.26. The summed E-state index contributed by atoms with van der Waals surface area (Å²) in [6.07, 6.45) is 0. The summed E-state index contributed by atoms with van der Waals surface area (Å²) >= 11 is 0. The van der Waals surface area contributed by atoms with Crippen molar-refractivity contribution in [3.8, 4) is 0 Å². The quantitative estimate of drug-likeness (QED) is 0.383. The van der Waals surface area contributed by atoms with Crippen molar-refractivity contribution in [1.82, 2.24) is 0 Å². The molecule has 5 heteroatoms. The Kier molecular flexibility index (Phi) is 182. The van der Waals surface area contributed by atoms with E-state index in [0.29, 0.717) is 0 Å². The molecular weight excluding hydrogens is 403 g/mol. The monoisotopic (exact) mass is 409 g/mol. The van der Waals surface area contributed by atoms with Gasteiger partial charge in [-0.25, -0.2) is 0 Å². The molecule has 0 aliphatic carbocycles. The number of hydrogen-bond donors (Lipinski definition) is 0. The maximum atomic E-state index is 8.06. The smallest absolute Gasteiger partial charge is 0 e. The molecule has 0 rings (SSSR count). The molecule has 1 nitrogen and oxygen atoms in total. The molecule has 0 saturated heterocycles. The van der Waals surface area contributed by atoms with Crippen molar-refractivity contribution in [3.63, 3.8) is 0 Å². The Bertz CT molecular complexity index is 11.6. The van der Waals surface area contributed by atoms with Gasteiger partial charge in [0.2, 0.25) is 0 Å². The van der Waals surface area contributed by atoms with E-state index in [0.717, 1.165) is 0 Å². The van der Waals surface area contributed by atoms with Crippen LogP contribution in [0.3, 0.4) is 0 Å². The molecule has 0 aliphatic heterocycles. The maximum absolute atomic E-state index is 8.06. The molecule has 0 atom stereocenters. The summed E-state index contributed by atoms with van der Waals surface area (Å²) in [6.45, 7) is 0. The molecule has 0 unspecified atom stereocenters. The molecule has 0 aromatic rings. The molecule has 0 amide bonds. The van der Waals surface area contributed by atoms with E-state index >= 15 is 0 Å². The molecule has 0 heterocycles. The molecule has 5 heavy (non-hydrogen) atoms. The molecule has 0 bridgehead atoms. The van der Waals surface area contributed by atoms with Gasteiger partial charge in [-0.15, -0.1) is 0 Å². The summed E-state index contributed by atoms with van der Waals surface area (Å²) in [5, 5.41) is 0. The van der Waals surface area contributed by atoms with Crippen molar-refractivity contribution in [3.05, 3.63) is 0 Å². The van der Waals surface area contributed by atoms with Crippen molar-refractivity contribution in [2.24, 2.45) is 0 Å². The van der Waals surface area contributed by atoms with E-state index in [1.54, 1.807) is 9.12 Å². The second-order valence-electron chi connectivity index (χ2n) is 0. The molecule has 0 aliphatic rings. The Balaban J connectivity index is -0.00000000167. The van der Waals surface area contributed by atoms with Gasteiger partial charge < -0.3 is 0 Å². The van der Waals surface area contributed by atoms with Gasteiger partial charge in [-0.3, -0.25) is 4.57 Å². The second-order valence-corrected chi connectivity index (χ2v) is 0. The van der Waals surface area contributed by atoms with Crippen LogP contribution in [-0.4, -0.2) is 26.2 Å². The minimum Gasteiger partial charge on any atom is 0 e. The predicted octanol–water partition coefficient (Wildman–Crippen LogP) is -0.714. The summed E-state index contributed by atoms with van der Waals surface area (Å²) in [7, 11) is 1.72. The maximum Gasteiger partial charge on any atom is 0 e. The zero-order chi connectivity index (χ0) is 2.00. The molecule has 0 aromatic heterocycles. The standard InChI is InChI=1S/Bi.Mo.HOP.V.3H/c;;1-2;;;;/h;;2H;;;;. The van der Waals surface area contributed by atoms with Crippen LogP contribution in [0.15, 0.2) is 0 Å². The molecule has 0 spiro atoms. The van der Waals surface area contributed by atoms with Crippen molar-refractivity contribution >= 4 is 35.3 Å². The molecule has 1 radical (unpaired) electrons. The minimum absolute atomic E-state index is 0. The molecule has 0 fully saturated rings. The summed E-state index contributed by atoms with van der Waals surface area (Å²) in [5.41, 5.74) is 0. The van der Waals surface area contributed by atoms with Crippen LogP contribution in [0.25, 0.3) is 0 Å². The average Bonchev–Trinajstić information content (AvgIpc) is 1.00. The fraction of sp³-hybridized carbons (Fsp3) is 0. The third-order valence-electron chi connectivity index (χ3n) is 0. The van der Waals surface area contributed by atoms with Gasteiger partial charge in [0.15, 0.2) is 0 Å². The van der Waals surface area contributed by atoms with Crippen molar-refractivity contribution in [1.29, 1.82) is 0 Å². The first-order valence-electron chi connectivity index (χ1n) is 0.204. The van der Waals surface area contributed by atoms with Crippen LogP contribution in [0.5, 0.6) is 0 Å². The van der Waals surface area contributed by atoms with E-state index in [4.69, 9.17) is 4.57 Å². The third-order valence-corrected chi connectivity index (χ3v) is 0. The summed E-state index contributed by atoms with van der Waals surface area (Å²) in [6, 6.07) is 0. The Morgan fingerprint density at radius 3 is 1.20 bits per heavy atom. The summed E-state index contributed by atoms with van der Waals surface area (Å²) < 4.78 is 8.06. The van der Waals surface area contributed by atoms with Crippen LogP contribution in [0.4, 0.5) is 0 Å². The van der Waals surface area contributed by atoms with Crippen LogP contribution >= 0.6 is 9.12 Å². The number of hydrogen-bond acceptors (Lipinski definition) is 1. The van der Waals surface area contributed by atoms with E-state index in [9.17, 15) is 0 Å². The molecule has 31 valence electrons. The van der Waals surface area contributed by atoms with Gasteiger partial charge in [0.05, 0.1) is 0 Å². The van der Waals surface area contributed by atoms with Gasteiger partial charge in [-0.05, 0) is 0 Å². The fourth-order valence-corrected chi connectivity index (χ4v) is 0. The molecular formula is H4BiMoOPV. The Morgan fingerprint density at radius 2 is 1.20 bits per heavy atom. The molecule has 0 saturated carbocycles. The van der Waals surface area contributed by atoms with Gasteiger partial charge in [0.25, 0.3) is 0 Å². The minimum atomic E-state index is 0. The SMILES string of the molecule is O=P.[BiH3].[Mo].[V]. The average molecular weight is 407 g/mol. The van der Waals surface area contributed by atoms with E-state index in [1.807, 2.05) is 0 Å². The zero-order valence-electron chi connectivity index (χ0n) is 2.47. The van der Waals surface area contributed by atoms with Gasteiger partial charge in [-0.1, -0.05) is 0 Å². The summed E-state index contributed by atoms with van der Waals surface area (Å²) in [5.74, 6) is 0. The van der Waals surface area contributed by atoms with Gasteiger partial charge in [0, 0.05) is 39.6 Å². The van der Waals surface area contributed by atoms with Crippen LogP contribution in [-0.2, 0) is 44.2 Å². The molecule has 0 N–H and O–H groups in total. The van der Waals surface area contributed by atoms with Gasteiger partial charge >= 0.3 is 26.2 Å². The summed E-state index contributed by atoms with van der Waals surface area (Å²) in [4.78, 5) is 0. The largest absolute Gasteiger partial charge is 0 e. The first-order chi connectivity index (χ1) is 1.00. The predicted molar refractivity (Wildman–Crippen MR) is 18.9 cm³/mol. The third kappa shape index (κ3) is 22.3. The van der Waals surface area contributed by atoms with Gasteiger partial charge in [-0.2, -0.15) is 0 Å². The van der Waals surface area contributed by atoms with Crippen LogP contribution in [0, 0.1) is 0 Å². The first-order valence-corrected chi connectivity index (χ1v) is 0.612. The van der Waals surface area contributed by atoms with E-state index in [1.165, 1.54) is 0 Å². The first kappa shape index (κ1) is 26.8. The Morgan fingerprint density at radius 1 is 1.20 bits per heavy atom. The van der Waals surface area contributed by atoms with Crippen LogP contribution in [0.1, 0.15) is 0 Å². The van der Waals surface area contributed by atoms with E-state index < -0.39 is 0 Å². The van der Waals surface area contributed by atoms with Crippen LogP contribution in [0.2, 0.25) is 0 Å².